The molecule has 2 unspecified atom stereocenters. The number of ether oxygens (including phenoxy) is 2. The molecule has 4 aliphatic rings. The molecule has 2 aromatic rings. The molecule has 3 aliphatic carbocycles. The fourth-order valence-corrected chi connectivity index (χ4v) is 10.1. The van der Waals surface area contributed by atoms with E-state index in [9.17, 15) is 44.7 Å². The number of methoxy groups -OCH3 is 1. The minimum atomic E-state index is -5.69. The molecule has 1 aromatic heterocycles. The van der Waals surface area contributed by atoms with E-state index in [0.717, 1.165) is 0 Å². The van der Waals surface area contributed by atoms with Gasteiger partial charge in [-0.05, 0) is 24.1 Å². The van der Waals surface area contributed by atoms with E-state index in [1.165, 1.54) is 59.1 Å². The lowest BCUT2D eigenvalue weighted by Crippen LogP contribution is -2.82. The van der Waals surface area contributed by atoms with Gasteiger partial charge in [0.2, 0.25) is 0 Å². The van der Waals surface area contributed by atoms with E-state index in [2.05, 4.69) is 0 Å². The van der Waals surface area contributed by atoms with Gasteiger partial charge in [-0.3, -0.25) is 4.52 Å². The standard InChI is InChI=1S/C28H37O13P/c1-15-13-19(29)40-18-14-16(7-8-17(15)18)23(41-42(35,36)37)24(30)20(2,3)26(24,32)28(34,22(38-6)9-11-39-12-10-22)27(33)21(4,5)25(23,27)31/h7-8,13-14,30-34H,9-12H2,1-6H3,(H2,35,36,37)/t23?,24-,25-,26-,27+,28?/m1/s1. The summed E-state index contributed by atoms with van der Waals surface area (Å²) in [6.07, 6.45) is -0.120. The van der Waals surface area contributed by atoms with Crippen LogP contribution in [0.25, 0.3) is 11.0 Å². The fraction of sp³-hybridized carbons (Fsp3) is 0.679. The number of fused-ring (bicyclic) bond motifs is 3. The lowest BCUT2D eigenvalue weighted by atomic mass is 9.58. The predicted octanol–water partition coefficient (Wildman–Crippen LogP) is 0.350. The maximum absolute atomic E-state index is 12.9. The highest BCUT2D eigenvalue weighted by molar-refractivity contribution is 7.46. The molecule has 3 saturated carbocycles. The molecule has 0 radical (unpaired) electrons. The van der Waals surface area contributed by atoms with Gasteiger partial charge in [-0.2, -0.15) is 0 Å². The summed E-state index contributed by atoms with van der Waals surface area (Å²) in [4.78, 5) is 32.9. The van der Waals surface area contributed by atoms with Crippen LogP contribution < -0.4 is 5.63 Å². The summed E-state index contributed by atoms with van der Waals surface area (Å²) in [5.41, 5.74) is -23.5. The molecule has 1 aromatic carbocycles. The number of phosphoric acid groups is 1. The Morgan fingerprint density at radius 2 is 1.36 bits per heavy atom. The third-order valence-corrected chi connectivity index (χ3v) is 12.1. The highest BCUT2D eigenvalue weighted by atomic mass is 31.2. The summed E-state index contributed by atoms with van der Waals surface area (Å²) < 4.78 is 35.0. The van der Waals surface area contributed by atoms with Crippen molar-refractivity contribution in [2.75, 3.05) is 20.3 Å². The highest BCUT2D eigenvalue weighted by Gasteiger charge is 3.15. The van der Waals surface area contributed by atoms with E-state index in [-0.39, 0.29) is 37.2 Å². The third kappa shape index (κ3) is 2.59. The second kappa shape index (κ2) is 7.91. The van der Waals surface area contributed by atoms with Crippen molar-refractivity contribution < 1.29 is 58.3 Å². The lowest BCUT2D eigenvalue weighted by molar-refractivity contribution is -0.354. The van der Waals surface area contributed by atoms with Gasteiger partial charge in [0, 0.05) is 55.4 Å². The Morgan fingerprint density at radius 1 is 0.833 bits per heavy atom. The molecule has 4 fully saturated rings. The molecule has 14 heteroatoms. The van der Waals surface area contributed by atoms with E-state index in [4.69, 9.17) is 18.4 Å². The maximum atomic E-state index is 12.9. The molecule has 0 amide bonds. The maximum Gasteiger partial charge on any atom is 0.470 e. The lowest BCUT2D eigenvalue weighted by Gasteiger charge is -2.59. The van der Waals surface area contributed by atoms with Crippen molar-refractivity contribution in [1.82, 2.24) is 0 Å². The van der Waals surface area contributed by atoms with E-state index >= 15 is 0 Å². The van der Waals surface area contributed by atoms with Crippen LogP contribution in [0.1, 0.15) is 51.7 Å². The van der Waals surface area contributed by atoms with Gasteiger partial charge in [-0.1, -0.05) is 39.8 Å². The van der Waals surface area contributed by atoms with Gasteiger partial charge in [-0.25, -0.2) is 9.36 Å². The van der Waals surface area contributed by atoms with Crippen LogP contribution in [0.3, 0.4) is 0 Å². The molecule has 1 aliphatic heterocycles. The summed E-state index contributed by atoms with van der Waals surface area (Å²) in [6.45, 7) is 7.05. The Morgan fingerprint density at radius 3 is 1.83 bits per heavy atom. The topological polar surface area (TPSA) is 217 Å². The molecule has 0 bridgehead atoms. The zero-order valence-electron chi connectivity index (χ0n) is 24.2. The van der Waals surface area contributed by atoms with E-state index in [0.29, 0.717) is 10.9 Å². The zero-order chi connectivity index (χ0) is 31.4. The number of aryl methyl sites for hydroxylation is 1. The van der Waals surface area contributed by atoms with Crippen LogP contribution in [0, 0.1) is 17.8 Å². The smallest absolute Gasteiger partial charge is 0.423 e. The Hall–Kier alpha value is -1.74. The third-order valence-electron chi connectivity index (χ3n) is 11.6. The van der Waals surface area contributed by atoms with Crippen molar-refractivity contribution in [3.8, 4) is 0 Å². The SMILES string of the molecule is COC1(C2(O)[C@]3(O)C(C)(C)[C@@]3(O)C(OP(=O)(O)O)(c3ccc4c(C)cc(=O)oc4c3)[C@]3(O)C(C)(C)[C@]23O)CCOCC1. The fourth-order valence-electron chi connectivity index (χ4n) is 9.40. The number of aliphatic hydroxyl groups is 5. The van der Waals surface area contributed by atoms with E-state index < -0.39 is 63.5 Å². The number of rotatable bonds is 5. The van der Waals surface area contributed by atoms with Crippen molar-refractivity contribution in [3.05, 3.63) is 45.8 Å². The normalized spacial score (nSPS) is 43.0. The Labute approximate surface area is 240 Å². The van der Waals surface area contributed by atoms with Crippen LogP contribution in [0.4, 0.5) is 0 Å². The first-order valence-electron chi connectivity index (χ1n) is 13.7. The summed E-state index contributed by atoms with van der Waals surface area (Å²) >= 11 is 0. The number of hydrogen-bond donors (Lipinski definition) is 7. The van der Waals surface area contributed by atoms with Gasteiger partial charge in [0.05, 0.1) is 0 Å². The summed E-state index contributed by atoms with van der Waals surface area (Å²) in [6, 6.07) is 5.16. The molecule has 7 N–H and O–H groups in total. The van der Waals surface area contributed by atoms with Crippen LogP contribution in [0.2, 0.25) is 0 Å². The molecular formula is C28H37O13P. The summed E-state index contributed by atoms with van der Waals surface area (Å²) in [5, 5.41) is 64.4. The summed E-state index contributed by atoms with van der Waals surface area (Å²) in [7, 11) is -4.42. The van der Waals surface area contributed by atoms with Gasteiger partial charge in [0.15, 0.2) is 11.2 Å². The molecule has 6 rings (SSSR count). The van der Waals surface area contributed by atoms with Crippen LogP contribution in [-0.2, 0) is 24.2 Å². The van der Waals surface area contributed by atoms with Crippen molar-refractivity contribution in [2.24, 2.45) is 10.8 Å². The van der Waals surface area contributed by atoms with Crippen LogP contribution in [0.15, 0.2) is 33.5 Å². The van der Waals surface area contributed by atoms with Gasteiger partial charge in [0.1, 0.15) is 33.6 Å². The van der Waals surface area contributed by atoms with Gasteiger partial charge >= 0.3 is 13.4 Å². The molecule has 6 atom stereocenters. The van der Waals surface area contributed by atoms with Crippen molar-refractivity contribution >= 4 is 18.8 Å². The van der Waals surface area contributed by atoms with Crippen molar-refractivity contribution in [2.45, 2.75) is 86.7 Å². The van der Waals surface area contributed by atoms with E-state index in [1.54, 1.807) is 6.92 Å². The van der Waals surface area contributed by atoms with Crippen molar-refractivity contribution in [3.63, 3.8) is 0 Å². The molecule has 0 spiro atoms. The molecule has 232 valence electrons. The van der Waals surface area contributed by atoms with E-state index in [1.807, 2.05) is 0 Å². The van der Waals surface area contributed by atoms with Gasteiger partial charge in [0.25, 0.3) is 0 Å². The molecule has 42 heavy (non-hydrogen) atoms. The second-order valence-corrected chi connectivity index (χ2v) is 14.5. The van der Waals surface area contributed by atoms with Crippen LogP contribution in [0.5, 0.6) is 0 Å². The van der Waals surface area contributed by atoms with Crippen molar-refractivity contribution in [1.29, 1.82) is 0 Å². The minimum absolute atomic E-state index is 0.0488. The molecule has 13 nitrogen and oxygen atoms in total. The molecule has 1 saturated heterocycles. The van der Waals surface area contributed by atoms with Gasteiger partial charge < -0.3 is 49.2 Å². The zero-order valence-corrected chi connectivity index (χ0v) is 25.1. The Balaban J connectivity index is 1.77. The molecule has 2 heterocycles. The largest absolute Gasteiger partial charge is 0.470 e. The van der Waals surface area contributed by atoms with Crippen LogP contribution >= 0.6 is 7.82 Å². The highest BCUT2D eigenvalue weighted by Crippen LogP contribution is 2.94. The first kappa shape index (κ1) is 30.3. The number of benzene rings is 1. The average molecular weight is 613 g/mol. The van der Waals surface area contributed by atoms with Gasteiger partial charge in [-0.15, -0.1) is 0 Å². The summed E-state index contributed by atoms with van der Waals surface area (Å²) in [5.74, 6) is 0. The Bertz CT molecular complexity index is 1580. The number of phosphoric ester groups is 1. The quantitative estimate of drug-likeness (QED) is 0.179. The monoisotopic (exact) mass is 612 g/mol. The number of hydrogen-bond acceptors (Lipinski definition) is 11. The van der Waals surface area contributed by atoms with Crippen LogP contribution in [-0.4, -0.2) is 89.2 Å². The Kier molecular flexibility index (Phi) is 5.70. The second-order valence-electron chi connectivity index (χ2n) is 13.3. The first-order chi connectivity index (χ1) is 19.1. The minimum Gasteiger partial charge on any atom is -0.423 e. The molecular weight excluding hydrogens is 575 g/mol. The average Bonchev–Trinajstić information content (AvgIpc) is 3.48. The predicted molar refractivity (Wildman–Crippen MR) is 144 cm³/mol. The first-order valence-corrected chi connectivity index (χ1v) is 15.2.